The number of benzene rings is 1. The number of allylic oxidation sites excluding steroid dienone is 6. The molecule has 0 saturated carbocycles. The Labute approximate surface area is 138 Å². The molecule has 0 aromatic heterocycles. The van der Waals surface area contributed by atoms with Crippen LogP contribution in [0.3, 0.4) is 0 Å². The Morgan fingerprint density at radius 1 is 1.09 bits per heavy atom. The molecule has 0 spiro atoms. The summed E-state index contributed by atoms with van der Waals surface area (Å²) in [7, 11) is 1.68. The third-order valence-corrected chi connectivity index (χ3v) is 3.38. The number of ether oxygens (including phenoxy) is 1. The van der Waals surface area contributed by atoms with E-state index in [-0.39, 0.29) is 0 Å². The lowest BCUT2D eigenvalue weighted by Gasteiger charge is -2.08. The lowest BCUT2D eigenvalue weighted by Crippen LogP contribution is -1.90. The van der Waals surface area contributed by atoms with Crippen LogP contribution in [0.2, 0.25) is 0 Å². The Morgan fingerprint density at radius 3 is 2.39 bits per heavy atom. The molecule has 3 nitrogen and oxygen atoms in total. The Kier molecular flexibility index (Phi) is 7.07. The molecular formula is C20H24O3. The first-order valence-corrected chi connectivity index (χ1v) is 7.43. The zero-order chi connectivity index (χ0) is 17.4. The van der Waals surface area contributed by atoms with Gasteiger partial charge in [-0.05, 0) is 62.1 Å². The Morgan fingerprint density at radius 2 is 1.78 bits per heavy atom. The molecule has 1 N–H and O–H groups in total. The molecule has 1 aromatic rings. The minimum absolute atomic E-state index is 0.701. The van der Waals surface area contributed by atoms with Gasteiger partial charge in [0.2, 0.25) is 0 Å². The molecule has 3 heteroatoms. The number of rotatable bonds is 6. The molecule has 23 heavy (non-hydrogen) atoms. The Hall–Kier alpha value is -2.55. The van der Waals surface area contributed by atoms with Crippen LogP contribution in [-0.2, 0) is 4.79 Å². The van der Waals surface area contributed by atoms with Gasteiger partial charge in [-0.25, -0.2) is 4.79 Å². The smallest absolute Gasteiger partial charge is 0.328 e. The topological polar surface area (TPSA) is 46.5 Å². The van der Waals surface area contributed by atoms with Crippen molar-refractivity contribution in [3.63, 3.8) is 0 Å². The minimum atomic E-state index is -0.932. The molecule has 0 radical (unpaired) electrons. The molecule has 0 unspecified atom stereocenters. The molecule has 1 rings (SSSR count). The first-order chi connectivity index (χ1) is 10.8. The molecular weight excluding hydrogens is 288 g/mol. The van der Waals surface area contributed by atoms with E-state index in [9.17, 15) is 4.79 Å². The van der Waals surface area contributed by atoms with Crippen molar-refractivity contribution in [1.82, 2.24) is 0 Å². The van der Waals surface area contributed by atoms with Crippen molar-refractivity contribution in [3.05, 3.63) is 70.3 Å². The summed E-state index contributed by atoms with van der Waals surface area (Å²) < 4.78 is 5.32. The van der Waals surface area contributed by atoms with E-state index in [4.69, 9.17) is 9.84 Å². The third-order valence-electron chi connectivity index (χ3n) is 3.38. The zero-order valence-electron chi connectivity index (χ0n) is 14.4. The van der Waals surface area contributed by atoms with E-state index in [0.29, 0.717) is 5.57 Å². The van der Waals surface area contributed by atoms with Gasteiger partial charge in [-0.3, -0.25) is 0 Å². The second kappa shape index (κ2) is 8.79. The third kappa shape index (κ3) is 6.39. The maximum atomic E-state index is 10.5. The predicted molar refractivity (Wildman–Crippen MR) is 95.8 cm³/mol. The Bertz CT molecular complexity index is 689. The van der Waals surface area contributed by atoms with Crippen LogP contribution in [0.15, 0.2) is 53.7 Å². The monoisotopic (exact) mass is 312 g/mol. The fourth-order valence-electron chi connectivity index (χ4n) is 2.08. The highest BCUT2D eigenvalue weighted by Crippen LogP contribution is 2.23. The van der Waals surface area contributed by atoms with E-state index < -0.39 is 5.97 Å². The summed E-state index contributed by atoms with van der Waals surface area (Å²) in [5, 5.41) is 8.64. The second-order valence-corrected chi connectivity index (χ2v) is 5.51. The number of aryl methyl sites for hydroxylation is 2. The standard InChI is InChI=1S/C20H24O3/c1-14(7-6-8-15(2)11-20(21)22)9-10-18-12-17(4)19(23-5)13-16(18)3/h6-13H,1-5H3,(H,21,22)/b8-6-,10-9-,14-7-,15-11-. The fraction of sp³-hybridized carbons (Fsp3) is 0.250. The zero-order valence-corrected chi connectivity index (χ0v) is 14.4. The molecule has 122 valence electrons. The number of hydrogen-bond acceptors (Lipinski definition) is 2. The molecule has 0 amide bonds. The van der Waals surface area contributed by atoms with Crippen LogP contribution in [0, 0.1) is 13.8 Å². The van der Waals surface area contributed by atoms with Gasteiger partial charge in [-0.15, -0.1) is 0 Å². The molecule has 0 aliphatic carbocycles. The van der Waals surface area contributed by atoms with Gasteiger partial charge in [0.05, 0.1) is 7.11 Å². The van der Waals surface area contributed by atoms with E-state index in [1.54, 1.807) is 20.1 Å². The predicted octanol–water partition coefficient (Wildman–Crippen LogP) is 4.86. The van der Waals surface area contributed by atoms with Crippen molar-refractivity contribution in [3.8, 4) is 5.75 Å². The summed E-state index contributed by atoms with van der Waals surface area (Å²) in [6.07, 6.45) is 10.9. The number of hydrogen-bond donors (Lipinski definition) is 1. The number of carboxylic acid groups (broad SMARTS) is 1. The van der Waals surface area contributed by atoms with Crippen LogP contribution in [0.25, 0.3) is 6.08 Å². The maximum absolute atomic E-state index is 10.5. The van der Waals surface area contributed by atoms with Gasteiger partial charge in [-0.2, -0.15) is 0 Å². The second-order valence-electron chi connectivity index (χ2n) is 5.51. The Balaban J connectivity index is 2.85. The van der Waals surface area contributed by atoms with Gasteiger partial charge < -0.3 is 9.84 Å². The van der Waals surface area contributed by atoms with Crippen LogP contribution >= 0.6 is 0 Å². The van der Waals surface area contributed by atoms with Gasteiger partial charge >= 0.3 is 5.97 Å². The van der Waals surface area contributed by atoms with Crippen LogP contribution < -0.4 is 4.74 Å². The lowest BCUT2D eigenvalue weighted by molar-refractivity contribution is -0.131. The molecule has 0 aliphatic heterocycles. The number of carboxylic acids is 1. The van der Waals surface area contributed by atoms with E-state index in [0.717, 1.165) is 28.0 Å². The van der Waals surface area contributed by atoms with Crippen molar-refractivity contribution >= 4 is 12.0 Å². The summed E-state index contributed by atoms with van der Waals surface area (Å²) >= 11 is 0. The van der Waals surface area contributed by atoms with E-state index in [2.05, 4.69) is 19.1 Å². The number of aliphatic carboxylic acids is 1. The molecule has 1 aromatic carbocycles. The van der Waals surface area contributed by atoms with Crippen molar-refractivity contribution < 1.29 is 14.6 Å². The van der Waals surface area contributed by atoms with Gasteiger partial charge in [-0.1, -0.05) is 36.0 Å². The van der Waals surface area contributed by atoms with E-state index >= 15 is 0 Å². The van der Waals surface area contributed by atoms with Crippen molar-refractivity contribution in [2.24, 2.45) is 0 Å². The molecule has 0 heterocycles. The quantitative estimate of drug-likeness (QED) is 0.603. The molecule has 0 fully saturated rings. The van der Waals surface area contributed by atoms with Crippen LogP contribution in [0.5, 0.6) is 5.75 Å². The first-order valence-electron chi connectivity index (χ1n) is 7.43. The average Bonchev–Trinajstić information content (AvgIpc) is 2.46. The average molecular weight is 312 g/mol. The van der Waals surface area contributed by atoms with Gasteiger partial charge in [0.25, 0.3) is 0 Å². The first kappa shape index (κ1) is 18.5. The highest BCUT2D eigenvalue weighted by molar-refractivity contribution is 5.81. The fourth-order valence-corrected chi connectivity index (χ4v) is 2.08. The van der Waals surface area contributed by atoms with Crippen LogP contribution in [0.4, 0.5) is 0 Å². The maximum Gasteiger partial charge on any atom is 0.328 e. The number of carbonyl (C=O) groups is 1. The van der Waals surface area contributed by atoms with Crippen LogP contribution in [-0.4, -0.2) is 18.2 Å². The summed E-state index contributed by atoms with van der Waals surface area (Å²) in [4.78, 5) is 10.5. The highest BCUT2D eigenvalue weighted by Gasteiger charge is 2.02. The van der Waals surface area contributed by atoms with Crippen molar-refractivity contribution in [2.45, 2.75) is 27.7 Å². The molecule has 0 aliphatic rings. The van der Waals surface area contributed by atoms with Crippen molar-refractivity contribution in [1.29, 1.82) is 0 Å². The van der Waals surface area contributed by atoms with E-state index in [1.165, 1.54) is 6.08 Å². The lowest BCUT2D eigenvalue weighted by atomic mass is 10.0. The summed E-state index contributed by atoms with van der Waals surface area (Å²) in [6.45, 7) is 7.84. The number of methoxy groups -OCH3 is 1. The minimum Gasteiger partial charge on any atom is -0.496 e. The van der Waals surface area contributed by atoms with Gasteiger partial charge in [0.1, 0.15) is 5.75 Å². The van der Waals surface area contributed by atoms with E-state index in [1.807, 2.05) is 38.1 Å². The molecule has 0 atom stereocenters. The summed E-state index contributed by atoms with van der Waals surface area (Å²) in [5.74, 6) is -0.0337. The molecule has 0 saturated heterocycles. The van der Waals surface area contributed by atoms with Crippen LogP contribution in [0.1, 0.15) is 30.5 Å². The molecule has 0 bridgehead atoms. The highest BCUT2D eigenvalue weighted by atomic mass is 16.5. The van der Waals surface area contributed by atoms with Gasteiger partial charge in [0, 0.05) is 6.08 Å². The normalized spacial score (nSPS) is 13.1. The summed E-state index contributed by atoms with van der Waals surface area (Å²) in [5.41, 5.74) is 5.20. The SMILES string of the molecule is COc1cc(C)c(\C=C/C(C)=C\C=C/C(C)=C\C(=O)O)cc1C. The largest absolute Gasteiger partial charge is 0.496 e. The summed E-state index contributed by atoms with van der Waals surface area (Å²) in [6, 6.07) is 4.14. The van der Waals surface area contributed by atoms with Gasteiger partial charge in [0.15, 0.2) is 0 Å². The van der Waals surface area contributed by atoms with Crippen molar-refractivity contribution in [2.75, 3.05) is 7.11 Å².